The van der Waals surface area contributed by atoms with E-state index in [-0.39, 0.29) is 10.6 Å². The third-order valence-electron chi connectivity index (χ3n) is 3.36. The van der Waals surface area contributed by atoms with Gasteiger partial charge in [0.05, 0.1) is 4.92 Å². The van der Waals surface area contributed by atoms with Crippen LogP contribution in [0.1, 0.15) is 18.4 Å². The number of nitrogens with one attached hydrogen (secondary N) is 1. The first-order valence-electron chi connectivity index (χ1n) is 6.27. The largest absolute Gasteiger partial charge is 0.384 e. The van der Waals surface area contributed by atoms with Crippen molar-refractivity contribution in [3.05, 3.63) is 33.9 Å². The first-order chi connectivity index (χ1) is 8.58. The van der Waals surface area contributed by atoms with E-state index < -0.39 is 0 Å². The Morgan fingerprint density at radius 3 is 2.78 bits per heavy atom. The third kappa shape index (κ3) is 3.20. The van der Waals surface area contributed by atoms with Gasteiger partial charge in [-0.2, -0.15) is 0 Å². The Hall–Kier alpha value is -1.62. The fraction of sp³-hybridized carbons (Fsp3) is 0.538. The van der Waals surface area contributed by atoms with Crippen molar-refractivity contribution >= 4 is 11.4 Å². The number of hydrogen-bond acceptors (Lipinski definition) is 4. The van der Waals surface area contributed by atoms with Crippen LogP contribution >= 0.6 is 0 Å². The van der Waals surface area contributed by atoms with Crippen LogP contribution in [0.4, 0.5) is 11.4 Å². The van der Waals surface area contributed by atoms with Crippen LogP contribution in [0.5, 0.6) is 0 Å². The standard InChI is InChI=1S/C13H19N3O2/c1-10-9-11(3-6-13(10)16(17)18)14-7-8-15(2)12-4-5-12/h3,6,9,12,14H,4-5,7-8H2,1-2H3. The Labute approximate surface area is 107 Å². The van der Waals surface area contributed by atoms with Crippen molar-refractivity contribution in [1.29, 1.82) is 0 Å². The second-order valence-corrected chi connectivity index (χ2v) is 4.90. The van der Waals surface area contributed by atoms with Gasteiger partial charge in [-0.15, -0.1) is 0 Å². The Balaban J connectivity index is 1.85. The van der Waals surface area contributed by atoms with Crippen LogP contribution in [-0.4, -0.2) is 36.0 Å². The van der Waals surface area contributed by atoms with Crippen LogP contribution in [0.3, 0.4) is 0 Å². The van der Waals surface area contributed by atoms with E-state index in [9.17, 15) is 10.1 Å². The van der Waals surface area contributed by atoms with E-state index in [1.165, 1.54) is 12.8 Å². The molecule has 0 spiro atoms. The number of nitro groups is 1. The Morgan fingerprint density at radius 1 is 1.50 bits per heavy atom. The van der Waals surface area contributed by atoms with Crippen molar-refractivity contribution in [2.75, 3.05) is 25.5 Å². The maximum absolute atomic E-state index is 10.7. The zero-order valence-corrected chi connectivity index (χ0v) is 10.8. The minimum atomic E-state index is -0.347. The molecule has 5 nitrogen and oxygen atoms in total. The van der Waals surface area contributed by atoms with E-state index in [0.29, 0.717) is 5.56 Å². The van der Waals surface area contributed by atoms with Gasteiger partial charge in [-0.1, -0.05) is 0 Å². The lowest BCUT2D eigenvalue weighted by molar-refractivity contribution is -0.385. The van der Waals surface area contributed by atoms with E-state index in [0.717, 1.165) is 24.8 Å². The molecule has 0 heterocycles. The van der Waals surface area contributed by atoms with Crippen LogP contribution in [0, 0.1) is 17.0 Å². The van der Waals surface area contributed by atoms with Crippen molar-refractivity contribution in [2.24, 2.45) is 0 Å². The summed E-state index contributed by atoms with van der Waals surface area (Å²) in [6, 6.07) is 5.92. The Morgan fingerprint density at radius 2 is 2.22 bits per heavy atom. The zero-order chi connectivity index (χ0) is 13.1. The first-order valence-corrected chi connectivity index (χ1v) is 6.27. The normalized spacial score (nSPS) is 14.8. The average Bonchev–Trinajstić information content (AvgIpc) is 3.12. The summed E-state index contributed by atoms with van der Waals surface area (Å²) >= 11 is 0. The highest BCUT2D eigenvalue weighted by Gasteiger charge is 2.25. The van der Waals surface area contributed by atoms with E-state index in [1.54, 1.807) is 19.1 Å². The number of benzene rings is 1. The molecule has 0 aromatic heterocycles. The molecule has 18 heavy (non-hydrogen) atoms. The molecule has 0 amide bonds. The molecule has 1 aliphatic carbocycles. The third-order valence-corrected chi connectivity index (χ3v) is 3.36. The highest BCUT2D eigenvalue weighted by molar-refractivity contribution is 5.53. The predicted octanol–water partition coefficient (Wildman–Crippen LogP) is 2.41. The number of nitro benzene ring substituents is 1. The quantitative estimate of drug-likeness (QED) is 0.621. The van der Waals surface area contributed by atoms with Crippen LogP contribution in [0.15, 0.2) is 18.2 Å². The second-order valence-electron chi connectivity index (χ2n) is 4.90. The van der Waals surface area contributed by atoms with Crippen LogP contribution in [0.2, 0.25) is 0 Å². The van der Waals surface area contributed by atoms with Gasteiger partial charge in [0.15, 0.2) is 0 Å². The number of likely N-dealkylation sites (N-methyl/N-ethyl adjacent to an activating group) is 1. The van der Waals surface area contributed by atoms with Gasteiger partial charge in [0.1, 0.15) is 0 Å². The smallest absolute Gasteiger partial charge is 0.272 e. The number of anilines is 1. The van der Waals surface area contributed by atoms with Crippen molar-refractivity contribution in [3.8, 4) is 0 Å². The molecule has 0 aliphatic heterocycles. The summed E-state index contributed by atoms with van der Waals surface area (Å²) < 4.78 is 0. The lowest BCUT2D eigenvalue weighted by Crippen LogP contribution is -2.27. The van der Waals surface area contributed by atoms with Gasteiger partial charge in [0.2, 0.25) is 0 Å². The van der Waals surface area contributed by atoms with E-state index in [2.05, 4.69) is 17.3 Å². The summed E-state index contributed by atoms with van der Waals surface area (Å²) in [5, 5.41) is 14.0. The fourth-order valence-corrected chi connectivity index (χ4v) is 2.04. The summed E-state index contributed by atoms with van der Waals surface area (Å²) in [6.07, 6.45) is 2.63. The minimum Gasteiger partial charge on any atom is -0.384 e. The molecule has 1 aliphatic rings. The molecule has 1 aromatic rings. The Bertz CT molecular complexity index is 444. The first kappa shape index (κ1) is 12.8. The molecule has 2 rings (SSSR count). The summed E-state index contributed by atoms with van der Waals surface area (Å²) in [5.41, 5.74) is 1.82. The summed E-state index contributed by atoms with van der Waals surface area (Å²) in [4.78, 5) is 12.7. The van der Waals surface area contributed by atoms with Crippen molar-refractivity contribution in [1.82, 2.24) is 4.90 Å². The monoisotopic (exact) mass is 249 g/mol. The van der Waals surface area contributed by atoms with Crippen molar-refractivity contribution in [2.45, 2.75) is 25.8 Å². The molecule has 98 valence electrons. The number of hydrogen-bond donors (Lipinski definition) is 1. The second kappa shape index (κ2) is 5.35. The van der Waals surface area contributed by atoms with Crippen molar-refractivity contribution in [3.63, 3.8) is 0 Å². The van der Waals surface area contributed by atoms with Gasteiger partial charge in [-0.25, -0.2) is 0 Å². The molecular weight excluding hydrogens is 230 g/mol. The van der Waals surface area contributed by atoms with Gasteiger partial charge in [0.25, 0.3) is 5.69 Å². The number of rotatable bonds is 6. The topological polar surface area (TPSA) is 58.4 Å². The van der Waals surface area contributed by atoms with E-state index in [4.69, 9.17) is 0 Å². The zero-order valence-electron chi connectivity index (χ0n) is 10.8. The molecule has 0 bridgehead atoms. The highest BCUT2D eigenvalue weighted by atomic mass is 16.6. The molecule has 1 aromatic carbocycles. The lowest BCUT2D eigenvalue weighted by Gasteiger charge is -2.16. The summed E-state index contributed by atoms with van der Waals surface area (Å²) in [7, 11) is 2.14. The van der Waals surface area contributed by atoms with Crippen LogP contribution in [0.25, 0.3) is 0 Å². The van der Waals surface area contributed by atoms with Gasteiger partial charge in [-0.05, 0) is 38.9 Å². The lowest BCUT2D eigenvalue weighted by atomic mass is 10.2. The molecule has 1 N–H and O–H groups in total. The maximum atomic E-state index is 10.7. The van der Waals surface area contributed by atoms with Gasteiger partial charge < -0.3 is 10.2 Å². The maximum Gasteiger partial charge on any atom is 0.272 e. The number of nitrogens with zero attached hydrogens (tertiary/aromatic N) is 2. The van der Waals surface area contributed by atoms with Gasteiger partial charge >= 0.3 is 0 Å². The molecule has 0 radical (unpaired) electrons. The SMILES string of the molecule is Cc1cc(NCCN(C)C2CC2)ccc1[N+](=O)[O-]. The van der Waals surface area contributed by atoms with E-state index >= 15 is 0 Å². The highest BCUT2D eigenvalue weighted by Crippen LogP contribution is 2.25. The fourth-order valence-electron chi connectivity index (χ4n) is 2.04. The number of aryl methyl sites for hydroxylation is 1. The van der Waals surface area contributed by atoms with Crippen LogP contribution in [-0.2, 0) is 0 Å². The molecule has 0 atom stereocenters. The molecule has 1 saturated carbocycles. The molecule has 1 fully saturated rings. The molecule has 5 heteroatoms. The van der Waals surface area contributed by atoms with Crippen LogP contribution < -0.4 is 5.32 Å². The molecule has 0 saturated heterocycles. The molecule has 0 unspecified atom stereocenters. The summed E-state index contributed by atoms with van der Waals surface area (Å²) in [5.74, 6) is 0. The van der Waals surface area contributed by atoms with E-state index in [1.807, 2.05) is 6.07 Å². The Kier molecular flexibility index (Phi) is 3.81. The summed E-state index contributed by atoms with van der Waals surface area (Å²) in [6.45, 7) is 3.63. The predicted molar refractivity (Wildman–Crippen MR) is 72.0 cm³/mol. The van der Waals surface area contributed by atoms with Gasteiger partial charge in [-0.3, -0.25) is 10.1 Å². The molecular formula is C13H19N3O2. The minimum absolute atomic E-state index is 0.177. The average molecular weight is 249 g/mol. The van der Waals surface area contributed by atoms with Gasteiger partial charge in [0, 0.05) is 36.4 Å². The van der Waals surface area contributed by atoms with Crippen molar-refractivity contribution < 1.29 is 4.92 Å².